The van der Waals surface area contributed by atoms with Crippen molar-refractivity contribution < 1.29 is 13.9 Å². The van der Waals surface area contributed by atoms with Crippen LogP contribution in [-0.2, 0) is 9.53 Å². The molecule has 0 saturated carbocycles. The minimum Gasteiger partial charge on any atom is -0.466 e. The molecule has 0 heterocycles. The summed E-state index contributed by atoms with van der Waals surface area (Å²) in [5.74, 6) is -0.883. The predicted octanol–water partition coefficient (Wildman–Crippen LogP) is 1.59. The Morgan fingerprint density at radius 2 is 2.29 bits per heavy atom. The van der Waals surface area contributed by atoms with Crippen LogP contribution in [0.4, 0.5) is 10.1 Å². The van der Waals surface area contributed by atoms with Crippen molar-refractivity contribution in [3.8, 4) is 0 Å². The molecule has 0 spiro atoms. The average Bonchev–Trinajstić information content (AvgIpc) is 2.16. The number of esters is 1. The van der Waals surface area contributed by atoms with E-state index in [0.29, 0.717) is 5.56 Å². The van der Waals surface area contributed by atoms with Crippen LogP contribution in [0, 0.1) is 5.82 Å². The topological polar surface area (TPSA) is 52.3 Å². The van der Waals surface area contributed by atoms with Crippen LogP contribution in [0.15, 0.2) is 24.3 Å². The highest BCUT2D eigenvalue weighted by atomic mass is 19.1. The van der Waals surface area contributed by atoms with E-state index in [-0.39, 0.29) is 5.69 Å². The highest BCUT2D eigenvalue weighted by Crippen LogP contribution is 2.14. The van der Waals surface area contributed by atoms with E-state index in [1.165, 1.54) is 37.5 Å². The van der Waals surface area contributed by atoms with Gasteiger partial charge >= 0.3 is 5.97 Å². The Bertz CT molecular complexity index is 374. The summed E-state index contributed by atoms with van der Waals surface area (Å²) in [4.78, 5) is 10.7. The molecule has 0 saturated heterocycles. The Balaban J connectivity index is 2.87. The highest BCUT2D eigenvalue weighted by Gasteiger charge is 1.98. The maximum atomic E-state index is 12.6. The van der Waals surface area contributed by atoms with E-state index < -0.39 is 11.8 Å². The molecule has 0 atom stereocenters. The van der Waals surface area contributed by atoms with Crippen molar-refractivity contribution in [1.29, 1.82) is 0 Å². The lowest BCUT2D eigenvalue weighted by atomic mass is 10.1. The second-order valence-corrected chi connectivity index (χ2v) is 2.63. The van der Waals surface area contributed by atoms with Gasteiger partial charge in [0.2, 0.25) is 0 Å². The molecule has 74 valence electrons. The number of hydrogen-bond donors (Lipinski definition) is 1. The van der Waals surface area contributed by atoms with Gasteiger partial charge in [-0.3, -0.25) is 0 Å². The first-order chi connectivity index (χ1) is 6.63. The summed E-state index contributed by atoms with van der Waals surface area (Å²) in [6.07, 6.45) is 2.70. The van der Waals surface area contributed by atoms with Gasteiger partial charge in [-0.05, 0) is 23.8 Å². The minimum atomic E-state index is -0.478. The van der Waals surface area contributed by atoms with Crippen LogP contribution in [0.5, 0.6) is 0 Å². The van der Waals surface area contributed by atoms with E-state index in [0.717, 1.165) is 0 Å². The van der Waals surface area contributed by atoms with Crippen molar-refractivity contribution in [2.24, 2.45) is 0 Å². The standard InChI is InChI=1S/C10H10FNO2/c1-14-10(13)5-3-7-2-4-8(11)6-9(7)12/h2-6H,12H2,1H3. The van der Waals surface area contributed by atoms with E-state index in [1.807, 2.05) is 0 Å². The fourth-order valence-corrected chi connectivity index (χ4v) is 0.923. The van der Waals surface area contributed by atoms with Gasteiger partial charge in [-0.1, -0.05) is 6.07 Å². The zero-order valence-corrected chi connectivity index (χ0v) is 7.66. The Morgan fingerprint density at radius 3 is 2.86 bits per heavy atom. The summed E-state index contributed by atoms with van der Waals surface area (Å²) in [5, 5.41) is 0. The lowest BCUT2D eigenvalue weighted by molar-refractivity contribution is -0.134. The van der Waals surface area contributed by atoms with Crippen LogP contribution in [0.25, 0.3) is 6.08 Å². The summed E-state index contributed by atoms with van der Waals surface area (Å²) in [6, 6.07) is 3.95. The van der Waals surface area contributed by atoms with E-state index in [1.54, 1.807) is 0 Å². The van der Waals surface area contributed by atoms with E-state index in [2.05, 4.69) is 4.74 Å². The maximum Gasteiger partial charge on any atom is 0.330 e. The molecule has 0 fully saturated rings. The summed E-state index contributed by atoms with van der Waals surface area (Å²) in [7, 11) is 1.28. The Morgan fingerprint density at radius 1 is 1.57 bits per heavy atom. The summed E-state index contributed by atoms with van der Waals surface area (Å²) < 4.78 is 17.0. The van der Waals surface area contributed by atoms with Crippen molar-refractivity contribution in [1.82, 2.24) is 0 Å². The normalized spacial score (nSPS) is 10.4. The molecule has 0 unspecified atom stereocenters. The lowest BCUT2D eigenvalue weighted by Crippen LogP contribution is -1.95. The molecular formula is C10H10FNO2. The zero-order valence-electron chi connectivity index (χ0n) is 7.66. The van der Waals surface area contributed by atoms with Crippen LogP contribution in [-0.4, -0.2) is 13.1 Å². The summed E-state index contributed by atoms with van der Waals surface area (Å²) in [5.41, 5.74) is 6.37. The van der Waals surface area contributed by atoms with Crippen LogP contribution in [0.3, 0.4) is 0 Å². The summed E-state index contributed by atoms with van der Waals surface area (Å²) >= 11 is 0. The van der Waals surface area contributed by atoms with Gasteiger partial charge in [0.15, 0.2) is 0 Å². The average molecular weight is 195 g/mol. The van der Waals surface area contributed by atoms with Crippen molar-refractivity contribution in [3.05, 3.63) is 35.7 Å². The third-order valence-electron chi connectivity index (χ3n) is 1.65. The first-order valence-corrected chi connectivity index (χ1v) is 3.94. The predicted molar refractivity (Wildman–Crippen MR) is 51.9 cm³/mol. The molecule has 14 heavy (non-hydrogen) atoms. The quantitative estimate of drug-likeness (QED) is 0.443. The van der Waals surface area contributed by atoms with E-state index in [9.17, 15) is 9.18 Å². The molecule has 0 amide bonds. The van der Waals surface area contributed by atoms with Crippen LogP contribution in [0.1, 0.15) is 5.56 Å². The van der Waals surface area contributed by atoms with Crippen LogP contribution >= 0.6 is 0 Å². The lowest BCUT2D eigenvalue weighted by Gasteiger charge is -1.99. The molecule has 0 aliphatic carbocycles. The number of carbonyl (C=O) groups is 1. The molecule has 0 radical (unpaired) electrons. The van der Waals surface area contributed by atoms with Crippen molar-refractivity contribution in [3.63, 3.8) is 0 Å². The number of nitrogen functional groups attached to an aromatic ring is 1. The Kier molecular flexibility index (Phi) is 3.23. The van der Waals surface area contributed by atoms with Crippen molar-refractivity contribution in [2.45, 2.75) is 0 Å². The van der Waals surface area contributed by atoms with Crippen LogP contribution in [0.2, 0.25) is 0 Å². The molecule has 4 heteroatoms. The molecule has 1 aromatic carbocycles. The van der Waals surface area contributed by atoms with Gasteiger partial charge < -0.3 is 10.5 Å². The first-order valence-electron chi connectivity index (χ1n) is 3.94. The fraction of sp³-hybridized carbons (Fsp3) is 0.100. The molecule has 3 nitrogen and oxygen atoms in total. The molecule has 1 aromatic rings. The zero-order chi connectivity index (χ0) is 10.6. The molecule has 0 bridgehead atoms. The number of carbonyl (C=O) groups excluding carboxylic acids is 1. The number of anilines is 1. The van der Waals surface area contributed by atoms with Gasteiger partial charge in [-0.15, -0.1) is 0 Å². The third kappa shape index (κ3) is 2.58. The van der Waals surface area contributed by atoms with E-state index >= 15 is 0 Å². The number of benzene rings is 1. The molecule has 0 aliphatic heterocycles. The van der Waals surface area contributed by atoms with Gasteiger partial charge in [0.05, 0.1) is 7.11 Å². The van der Waals surface area contributed by atoms with Gasteiger partial charge in [0.25, 0.3) is 0 Å². The third-order valence-corrected chi connectivity index (χ3v) is 1.65. The number of hydrogen-bond acceptors (Lipinski definition) is 3. The highest BCUT2D eigenvalue weighted by molar-refractivity contribution is 5.88. The summed E-state index contributed by atoms with van der Waals surface area (Å²) in [6.45, 7) is 0. The Hall–Kier alpha value is -1.84. The minimum absolute atomic E-state index is 0.283. The molecule has 0 aliphatic rings. The SMILES string of the molecule is COC(=O)C=Cc1ccc(F)cc1N. The molecule has 1 rings (SSSR count). The van der Waals surface area contributed by atoms with Gasteiger partial charge in [-0.2, -0.15) is 0 Å². The fourth-order valence-electron chi connectivity index (χ4n) is 0.923. The smallest absolute Gasteiger partial charge is 0.330 e. The number of rotatable bonds is 2. The number of halogens is 1. The monoisotopic (exact) mass is 195 g/mol. The number of ether oxygens (including phenoxy) is 1. The largest absolute Gasteiger partial charge is 0.466 e. The van der Waals surface area contributed by atoms with Gasteiger partial charge in [0, 0.05) is 11.8 Å². The number of nitrogens with two attached hydrogens (primary N) is 1. The van der Waals surface area contributed by atoms with E-state index in [4.69, 9.17) is 5.73 Å². The Labute approximate surface area is 81.0 Å². The van der Waals surface area contributed by atoms with Gasteiger partial charge in [-0.25, -0.2) is 9.18 Å². The molecule has 2 N–H and O–H groups in total. The second-order valence-electron chi connectivity index (χ2n) is 2.63. The number of methoxy groups -OCH3 is 1. The van der Waals surface area contributed by atoms with Crippen molar-refractivity contribution >= 4 is 17.7 Å². The first kappa shape index (κ1) is 10.2. The van der Waals surface area contributed by atoms with Crippen LogP contribution < -0.4 is 5.73 Å². The van der Waals surface area contributed by atoms with Crippen molar-refractivity contribution in [2.75, 3.05) is 12.8 Å². The van der Waals surface area contributed by atoms with Gasteiger partial charge in [0.1, 0.15) is 5.82 Å². The molecule has 0 aromatic heterocycles. The molecular weight excluding hydrogens is 185 g/mol. The maximum absolute atomic E-state index is 12.6. The second kappa shape index (κ2) is 4.41.